The molecule has 0 saturated heterocycles. The van der Waals surface area contributed by atoms with Gasteiger partial charge < -0.3 is 10.5 Å². The van der Waals surface area contributed by atoms with Gasteiger partial charge in [-0.15, -0.1) is 0 Å². The lowest BCUT2D eigenvalue weighted by atomic mass is 10.2. The second-order valence-corrected chi connectivity index (χ2v) is 4.59. The van der Waals surface area contributed by atoms with E-state index in [1.54, 1.807) is 6.21 Å². The van der Waals surface area contributed by atoms with Gasteiger partial charge in [0.1, 0.15) is 11.5 Å². The van der Waals surface area contributed by atoms with Gasteiger partial charge in [-0.2, -0.15) is 5.10 Å². The van der Waals surface area contributed by atoms with E-state index >= 15 is 0 Å². The number of nitrogens with zero attached hydrogens (tertiary/aromatic N) is 2. The number of hydrogen-bond acceptors (Lipinski definition) is 3. The van der Waals surface area contributed by atoms with E-state index < -0.39 is 6.03 Å². The van der Waals surface area contributed by atoms with Crippen LogP contribution in [0.5, 0.6) is 11.5 Å². The van der Waals surface area contributed by atoms with E-state index in [0.29, 0.717) is 0 Å². The molecule has 2 aromatic rings. The minimum absolute atomic E-state index is 0.606. The van der Waals surface area contributed by atoms with E-state index in [9.17, 15) is 4.79 Å². The SMILES string of the molecule is Cc1ccc(Oc2ccc(C=NN(C)C(N)=O)cc2)cc1. The number of carbonyl (C=O) groups excluding carboxylic acids is 1. The van der Waals surface area contributed by atoms with Gasteiger partial charge >= 0.3 is 6.03 Å². The normalized spacial score (nSPS) is 10.6. The number of carbonyl (C=O) groups is 1. The number of ether oxygens (including phenoxy) is 1. The Morgan fingerprint density at radius 1 is 1.10 bits per heavy atom. The highest BCUT2D eigenvalue weighted by Gasteiger charge is 1.99. The summed E-state index contributed by atoms with van der Waals surface area (Å²) in [6.07, 6.45) is 1.56. The summed E-state index contributed by atoms with van der Waals surface area (Å²) >= 11 is 0. The Hall–Kier alpha value is -2.82. The van der Waals surface area contributed by atoms with Crippen LogP contribution in [0.3, 0.4) is 0 Å². The maximum Gasteiger partial charge on any atom is 0.334 e. The molecule has 5 nitrogen and oxygen atoms in total. The van der Waals surface area contributed by atoms with Gasteiger partial charge in [0, 0.05) is 7.05 Å². The molecule has 2 N–H and O–H groups in total. The first-order valence-corrected chi connectivity index (χ1v) is 6.46. The number of aryl methyl sites for hydroxylation is 1. The number of primary amides is 1. The van der Waals surface area contributed by atoms with Gasteiger partial charge in [0.05, 0.1) is 6.21 Å². The summed E-state index contributed by atoms with van der Waals surface area (Å²) < 4.78 is 5.72. The van der Waals surface area contributed by atoms with Crippen molar-refractivity contribution in [3.8, 4) is 11.5 Å². The quantitative estimate of drug-likeness (QED) is 0.692. The number of hydrazone groups is 1. The number of rotatable bonds is 4. The lowest BCUT2D eigenvalue weighted by Gasteiger charge is -2.07. The molecule has 2 aromatic carbocycles. The van der Waals surface area contributed by atoms with Gasteiger partial charge in [0.15, 0.2) is 0 Å². The van der Waals surface area contributed by atoms with Crippen molar-refractivity contribution < 1.29 is 9.53 Å². The second-order valence-electron chi connectivity index (χ2n) is 4.59. The summed E-state index contributed by atoms with van der Waals surface area (Å²) in [6.45, 7) is 2.03. The Balaban J connectivity index is 2.02. The van der Waals surface area contributed by atoms with E-state index in [1.165, 1.54) is 12.6 Å². The maximum absolute atomic E-state index is 10.8. The van der Waals surface area contributed by atoms with Crippen molar-refractivity contribution in [3.05, 3.63) is 59.7 Å². The van der Waals surface area contributed by atoms with Gasteiger partial charge in [-0.25, -0.2) is 9.80 Å². The maximum atomic E-state index is 10.8. The highest BCUT2D eigenvalue weighted by molar-refractivity contribution is 5.81. The van der Waals surface area contributed by atoms with Crippen LogP contribution in [0.25, 0.3) is 0 Å². The summed E-state index contributed by atoms with van der Waals surface area (Å²) in [4.78, 5) is 10.8. The lowest BCUT2D eigenvalue weighted by Crippen LogP contribution is -2.27. The van der Waals surface area contributed by atoms with Crippen molar-refractivity contribution >= 4 is 12.2 Å². The molecule has 108 valence electrons. The monoisotopic (exact) mass is 283 g/mol. The molecule has 0 aromatic heterocycles. The number of benzene rings is 2. The van der Waals surface area contributed by atoms with Gasteiger partial charge in [-0.05, 0) is 48.9 Å². The number of urea groups is 1. The Morgan fingerprint density at radius 3 is 2.14 bits per heavy atom. The van der Waals surface area contributed by atoms with Gasteiger partial charge in [0.25, 0.3) is 0 Å². The smallest absolute Gasteiger partial charge is 0.334 e. The summed E-state index contributed by atoms with van der Waals surface area (Å²) in [6, 6.07) is 14.6. The third-order valence-electron chi connectivity index (χ3n) is 2.84. The molecule has 0 atom stereocenters. The second kappa shape index (κ2) is 6.56. The van der Waals surface area contributed by atoms with Crippen LogP contribution < -0.4 is 10.5 Å². The van der Waals surface area contributed by atoms with Crippen LogP contribution >= 0.6 is 0 Å². The highest BCUT2D eigenvalue weighted by Crippen LogP contribution is 2.21. The standard InChI is InChI=1S/C16H17N3O2/c1-12-3-7-14(8-4-12)21-15-9-5-13(6-10-15)11-18-19(2)16(17)20/h3-11H,1-2H3,(H2,17,20). The molecule has 0 aliphatic heterocycles. The van der Waals surface area contributed by atoms with Crippen LogP contribution in [0.15, 0.2) is 53.6 Å². The molecule has 5 heteroatoms. The van der Waals surface area contributed by atoms with Crippen LogP contribution in [0.4, 0.5) is 4.79 Å². The Bertz CT molecular complexity index is 634. The van der Waals surface area contributed by atoms with E-state index in [4.69, 9.17) is 10.5 Å². The fourth-order valence-electron chi connectivity index (χ4n) is 1.57. The molecule has 21 heavy (non-hydrogen) atoms. The third kappa shape index (κ3) is 4.35. The minimum Gasteiger partial charge on any atom is -0.457 e. The molecule has 0 spiro atoms. The highest BCUT2D eigenvalue weighted by atomic mass is 16.5. The van der Waals surface area contributed by atoms with Gasteiger partial charge in [-0.3, -0.25) is 0 Å². The molecule has 0 bridgehead atoms. The van der Waals surface area contributed by atoms with Crippen molar-refractivity contribution in [1.29, 1.82) is 0 Å². The molecule has 0 unspecified atom stereocenters. The molecule has 0 aliphatic rings. The molecule has 0 fully saturated rings. The van der Waals surface area contributed by atoms with Crippen molar-refractivity contribution in [2.24, 2.45) is 10.8 Å². The molecule has 0 radical (unpaired) electrons. The summed E-state index contributed by atoms with van der Waals surface area (Å²) in [5, 5.41) is 4.98. The third-order valence-corrected chi connectivity index (χ3v) is 2.84. The Labute approximate surface area is 123 Å². The van der Waals surface area contributed by atoms with E-state index in [-0.39, 0.29) is 0 Å². The topological polar surface area (TPSA) is 67.9 Å². The van der Waals surface area contributed by atoms with Gasteiger partial charge in [0.2, 0.25) is 0 Å². The van der Waals surface area contributed by atoms with Crippen LogP contribution in [0.1, 0.15) is 11.1 Å². The minimum atomic E-state index is -0.606. The number of hydrogen-bond donors (Lipinski definition) is 1. The zero-order valence-corrected chi connectivity index (χ0v) is 12.0. The molecule has 2 amide bonds. The summed E-state index contributed by atoms with van der Waals surface area (Å²) in [5.74, 6) is 1.52. The van der Waals surface area contributed by atoms with Crippen LogP contribution in [0.2, 0.25) is 0 Å². The predicted molar refractivity (Wildman–Crippen MR) is 82.6 cm³/mol. The zero-order chi connectivity index (χ0) is 15.2. The predicted octanol–water partition coefficient (Wildman–Crippen LogP) is 3.13. The van der Waals surface area contributed by atoms with E-state index in [0.717, 1.165) is 22.1 Å². The van der Waals surface area contributed by atoms with Crippen molar-refractivity contribution in [1.82, 2.24) is 5.01 Å². The van der Waals surface area contributed by atoms with Gasteiger partial charge in [-0.1, -0.05) is 17.7 Å². The number of nitrogens with two attached hydrogens (primary N) is 1. The molecule has 0 heterocycles. The zero-order valence-electron chi connectivity index (χ0n) is 12.0. The largest absolute Gasteiger partial charge is 0.457 e. The van der Waals surface area contributed by atoms with Crippen LogP contribution in [0, 0.1) is 6.92 Å². The average molecular weight is 283 g/mol. The molecule has 0 saturated carbocycles. The summed E-state index contributed by atoms with van der Waals surface area (Å²) in [5.41, 5.74) is 7.11. The molecular formula is C16H17N3O2. The fourth-order valence-corrected chi connectivity index (χ4v) is 1.57. The van der Waals surface area contributed by atoms with Crippen molar-refractivity contribution in [3.63, 3.8) is 0 Å². The van der Waals surface area contributed by atoms with Crippen molar-refractivity contribution in [2.45, 2.75) is 6.92 Å². The molecular weight excluding hydrogens is 266 g/mol. The first kappa shape index (κ1) is 14.6. The molecule has 2 rings (SSSR count). The first-order chi connectivity index (χ1) is 10.0. The lowest BCUT2D eigenvalue weighted by molar-refractivity contribution is 0.220. The Kier molecular flexibility index (Phi) is 4.56. The Morgan fingerprint density at radius 2 is 1.62 bits per heavy atom. The van der Waals surface area contributed by atoms with Crippen molar-refractivity contribution in [2.75, 3.05) is 7.05 Å². The average Bonchev–Trinajstić information content (AvgIpc) is 2.48. The van der Waals surface area contributed by atoms with E-state index in [2.05, 4.69) is 5.10 Å². The fraction of sp³-hybridized carbons (Fsp3) is 0.125. The van der Waals surface area contributed by atoms with E-state index in [1.807, 2.05) is 55.5 Å². The molecule has 0 aliphatic carbocycles. The number of amides is 2. The summed E-state index contributed by atoms with van der Waals surface area (Å²) in [7, 11) is 1.49. The first-order valence-electron chi connectivity index (χ1n) is 6.46. The van der Waals surface area contributed by atoms with Crippen LogP contribution in [-0.4, -0.2) is 24.3 Å². The van der Waals surface area contributed by atoms with Crippen LogP contribution in [-0.2, 0) is 0 Å².